The molecule has 3 aromatic rings. The Labute approximate surface area is 163 Å². The van der Waals surface area contributed by atoms with Crippen molar-refractivity contribution in [2.45, 2.75) is 20.5 Å². The largest absolute Gasteiger partial charge is 0.369 e. The van der Waals surface area contributed by atoms with E-state index in [1.807, 2.05) is 0 Å². The molecular weight excluding hydrogens is 356 g/mol. The number of aryl methyl sites for hydroxylation is 4. The van der Waals surface area contributed by atoms with Crippen molar-refractivity contribution in [2.75, 3.05) is 31.1 Å². The molecule has 2 aromatic heterocycles. The molecule has 0 aliphatic carbocycles. The van der Waals surface area contributed by atoms with Gasteiger partial charge >= 0.3 is 5.69 Å². The first-order chi connectivity index (χ1) is 13.4. The van der Waals surface area contributed by atoms with Crippen LogP contribution in [-0.2, 0) is 20.8 Å². The Morgan fingerprint density at radius 2 is 1.75 bits per heavy atom. The van der Waals surface area contributed by atoms with E-state index >= 15 is 0 Å². The van der Waals surface area contributed by atoms with E-state index in [9.17, 15) is 9.59 Å². The van der Waals surface area contributed by atoms with Gasteiger partial charge < -0.3 is 9.47 Å². The minimum atomic E-state index is -0.326. The molecule has 1 aliphatic heterocycles. The summed E-state index contributed by atoms with van der Waals surface area (Å²) in [5.41, 5.74) is 4.06. The zero-order valence-corrected chi connectivity index (χ0v) is 16.8. The lowest BCUT2D eigenvalue weighted by Crippen LogP contribution is -2.51. The molecule has 148 valence electrons. The number of rotatable bonds is 3. The Morgan fingerprint density at radius 1 is 1.04 bits per heavy atom. The quantitative estimate of drug-likeness (QED) is 0.671. The minimum Gasteiger partial charge on any atom is -0.369 e. The molecule has 1 saturated heterocycles. The molecule has 0 spiro atoms. The highest BCUT2D eigenvalue weighted by atomic mass is 16.2. The van der Waals surface area contributed by atoms with Crippen LogP contribution in [0.15, 0.2) is 34.1 Å². The summed E-state index contributed by atoms with van der Waals surface area (Å²) in [7, 11) is 3.43. The van der Waals surface area contributed by atoms with E-state index in [0.29, 0.717) is 17.8 Å². The van der Waals surface area contributed by atoms with Gasteiger partial charge in [0.05, 0.1) is 13.0 Å². The fraction of sp³-hybridized carbons (Fsp3) is 0.450. The van der Waals surface area contributed by atoms with Crippen molar-refractivity contribution >= 4 is 16.9 Å². The van der Waals surface area contributed by atoms with Crippen LogP contribution in [0, 0.1) is 13.8 Å². The first-order valence-electron chi connectivity index (χ1n) is 9.52. The smallest absolute Gasteiger partial charge is 0.333 e. The molecule has 0 N–H and O–H groups in total. The van der Waals surface area contributed by atoms with Gasteiger partial charge in [0.25, 0.3) is 5.56 Å². The van der Waals surface area contributed by atoms with Crippen LogP contribution in [0.4, 0.5) is 5.69 Å². The van der Waals surface area contributed by atoms with Gasteiger partial charge in [0.15, 0.2) is 11.2 Å². The summed E-state index contributed by atoms with van der Waals surface area (Å²) in [6, 6.07) is 6.51. The molecule has 0 amide bonds. The van der Waals surface area contributed by atoms with Gasteiger partial charge in [0.1, 0.15) is 0 Å². The highest BCUT2D eigenvalue weighted by molar-refractivity contribution is 5.69. The average molecular weight is 382 g/mol. The van der Waals surface area contributed by atoms with Crippen molar-refractivity contribution in [1.29, 1.82) is 0 Å². The van der Waals surface area contributed by atoms with Gasteiger partial charge in [-0.2, -0.15) is 0 Å². The highest BCUT2D eigenvalue weighted by Gasteiger charge is 2.21. The number of nitrogens with zero attached hydrogens (tertiary/aromatic N) is 6. The van der Waals surface area contributed by atoms with Gasteiger partial charge in [-0.15, -0.1) is 0 Å². The summed E-state index contributed by atoms with van der Waals surface area (Å²) in [5.74, 6) is 0. The molecule has 3 heterocycles. The molecular formula is C20H26N6O2. The summed E-state index contributed by atoms with van der Waals surface area (Å²) in [6.07, 6.45) is 1.57. The van der Waals surface area contributed by atoms with Crippen LogP contribution in [0.25, 0.3) is 11.2 Å². The molecule has 0 atom stereocenters. The lowest BCUT2D eigenvalue weighted by atomic mass is 10.1. The Morgan fingerprint density at radius 3 is 2.46 bits per heavy atom. The van der Waals surface area contributed by atoms with E-state index in [1.54, 1.807) is 25.0 Å². The van der Waals surface area contributed by atoms with Crippen molar-refractivity contribution in [2.24, 2.45) is 14.1 Å². The van der Waals surface area contributed by atoms with Crippen LogP contribution in [0.5, 0.6) is 0 Å². The van der Waals surface area contributed by atoms with E-state index < -0.39 is 0 Å². The first kappa shape index (κ1) is 18.5. The van der Waals surface area contributed by atoms with Gasteiger partial charge in [-0.25, -0.2) is 14.3 Å². The average Bonchev–Trinajstić information content (AvgIpc) is 3.08. The number of hydrogen-bond donors (Lipinski definition) is 0. The third-order valence-electron chi connectivity index (χ3n) is 5.62. The van der Waals surface area contributed by atoms with Gasteiger partial charge in [-0.05, 0) is 31.0 Å². The van der Waals surface area contributed by atoms with E-state index in [-0.39, 0.29) is 11.2 Å². The van der Waals surface area contributed by atoms with Crippen LogP contribution in [0.3, 0.4) is 0 Å². The molecule has 4 rings (SSSR count). The summed E-state index contributed by atoms with van der Waals surface area (Å²) < 4.78 is 4.44. The third kappa shape index (κ3) is 3.03. The standard InChI is InChI=1S/C20H26N6O2/c1-14-5-6-15(2)16(11-14)25-9-7-24(8-10-25)13-26-19(27)17-18(21-12-22(17)3)23(4)20(26)28/h5-6,11-12H,7-10,13H2,1-4H3. The first-order valence-corrected chi connectivity index (χ1v) is 9.52. The Hall–Kier alpha value is -2.87. The second-order valence-corrected chi connectivity index (χ2v) is 7.64. The molecule has 1 fully saturated rings. The van der Waals surface area contributed by atoms with Crippen molar-refractivity contribution < 1.29 is 0 Å². The second-order valence-electron chi connectivity index (χ2n) is 7.64. The Bertz CT molecular complexity index is 1150. The maximum Gasteiger partial charge on any atom is 0.333 e. The number of anilines is 1. The van der Waals surface area contributed by atoms with Gasteiger partial charge in [0.2, 0.25) is 0 Å². The van der Waals surface area contributed by atoms with Crippen LogP contribution >= 0.6 is 0 Å². The van der Waals surface area contributed by atoms with Gasteiger partial charge in [-0.1, -0.05) is 12.1 Å². The zero-order valence-electron chi connectivity index (χ0n) is 16.8. The SMILES string of the molecule is Cc1ccc(C)c(N2CCN(Cn3c(=O)c4c(ncn4C)n(C)c3=O)CC2)c1. The molecule has 8 heteroatoms. The Balaban J connectivity index is 1.56. The molecule has 28 heavy (non-hydrogen) atoms. The summed E-state index contributed by atoms with van der Waals surface area (Å²) in [4.78, 5) is 34.3. The van der Waals surface area contributed by atoms with E-state index in [1.165, 1.54) is 25.9 Å². The van der Waals surface area contributed by atoms with Crippen molar-refractivity contribution in [3.8, 4) is 0 Å². The lowest BCUT2D eigenvalue weighted by molar-refractivity contribution is 0.198. The highest BCUT2D eigenvalue weighted by Crippen LogP contribution is 2.22. The molecule has 1 aromatic carbocycles. The molecule has 0 radical (unpaired) electrons. The predicted octanol–water partition coefficient (Wildman–Crippen LogP) is 0.830. The van der Waals surface area contributed by atoms with Gasteiger partial charge in [0, 0.05) is 46.0 Å². The van der Waals surface area contributed by atoms with Crippen LogP contribution in [0.1, 0.15) is 11.1 Å². The summed E-state index contributed by atoms with van der Waals surface area (Å²) >= 11 is 0. The van der Waals surface area contributed by atoms with Crippen LogP contribution < -0.4 is 16.1 Å². The number of fused-ring (bicyclic) bond motifs is 1. The molecule has 0 bridgehead atoms. The number of aromatic nitrogens is 4. The van der Waals surface area contributed by atoms with Crippen molar-refractivity contribution in [3.63, 3.8) is 0 Å². The molecule has 0 unspecified atom stereocenters. The molecule has 0 saturated carbocycles. The topological polar surface area (TPSA) is 68.3 Å². The number of hydrogen-bond acceptors (Lipinski definition) is 5. The van der Waals surface area contributed by atoms with Crippen molar-refractivity contribution in [3.05, 3.63) is 56.5 Å². The molecule has 8 nitrogen and oxygen atoms in total. The van der Waals surface area contributed by atoms with E-state index in [0.717, 1.165) is 26.2 Å². The van der Waals surface area contributed by atoms with Gasteiger partial charge in [-0.3, -0.25) is 14.3 Å². The molecule has 1 aliphatic rings. The zero-order chi connectivity index (χ0) is 20.0. The summed E-state index contributed by atoms with van der Waals surface area (Å²) in [5, 5.41) is 0. The van der Waals surface area contributed by atoms with E-state index in [4.69, 9.17) is 0 Å². The maximum atomic E-state index is 12.9. The lowest BCUT2D eigenvalue weighted by Gasteiger charge is -2.37. The normalized spacial score (nSPS) is 15.5. The monoisotopic (exact) mass is 382 g/mol. The van der Waals surface area contributed by atoms with E-state index in [2.05, 4.69) is 46.8 Å². The third-order valence-corrected chi connectivity index (χ3v) is 5.62. The fourth-order valence-electron chi connectivity index (χ4n) is 3.91. The van der Waals surface area contributed by atoms with Crippen molar-refractivity contribution in [1.82, 2.24) is 23.6 Å². The van der Waals surface area contributed by atoms with Crippen LogP contribution in [0.2, 0.25) is 0 Å². The number of imidazole rings is 1. The maximum absolute atomic E-state index is 12.9. The second kappa shape index (κ2) is 6.94. The number of benzene rings is 1. The minimum absolute atomic E-state index is 0.282. The number of piperazine rings is 1. The van der Waals surface area contributed by atoms with Crippen LogP contribution in [-0.4, -0.2) is 49.8 Å². The Kier molecular flexibility index (Phi) is 4.58. The predicted molar refractivity (Wildman–Crippen MR) is 110 cm³/mol. The fourth-order valence-corrected chi connectivity index (χ4v) is 3.91. The summed E-state index contributed by atoms with van der Waals surface area (Å²) in [6.45, 7) is 7.87.